The molecule has 0 saturated carbocycles. The maximum atomic E-state index is 12.3. The van der Waals surface area contributed by atoms with E-state index in [1.807, 2.05) is 6.07 Å². The van der Waals surface area contributed by atoms with E-state index in [1.165, 1.54) is 11.3 Å². The molecule has 1 aromatic carbocycles. The highest BCUT2D eigenvalue weighted by Gasteiger charge is 2.24. The number of halogens is 1. The van der Waals surface area contributed by atoms with Crippen LogP contribution in [0.25, 0.3) is 0 Å². The number of anilines is 1. The first-order valence-corrected chi connectivity index (χ1v) is 11.1. The first-order valence-electron chi connectivity index (χ1n) is 7.67. The Kier molecular flexibility index (Phi) is 5.27. The molecule has 1 aliphatic rings. The van der Waals surface area contributed by atoms with Crippen LogP contribution in [0.4, 0.5) is 5.00 Å². The minimum absolute atomic E-state index is 0.202. The normalized spacial score (nSPS) is 13.3. The summed E-state index contributed by atoms with van der Waals surface area (Å²) in [6.45, 7) is 0. The van der Waals surface area contributed by atoms with Gasteiger partial charge in [-0.25, -0.2) is 8.42 Å². The van der Waals surface area contributed by atoms with Crippen molar-refractivity contribution < 1.29 is 13.2 Å². The zero-order chi connectivity index (χ0) is 18.0. The predicted molar refractivity (Wildman–Crippen MR) is 101 cm³/mol. The lowest BCUT2D eigenvalue weighted by atomic mass is 10.1. The number of carbonyl (C=O) groups excluding carboxylic acids is 1. The molecule has 8 heteroatoms. The highest BCUT2D eigenvalue weighted by atomic mass is 79.9. The molecule has 2 aromatic rings. The van der Waals surface area contributed by atoms with E-state index >= 15 is 0 Å². The van der Waals surface area contributed by atoms with Gasteiger partial charge in [-0.15, -0.1) is 11.3 Å². The van der Waals surface area contributed by atoms with Crippen LogP contribution in [0.15, 0.2) is 28.7 Å². The number of amides is 1. The fourth-order valence-corrected chi connectivity index (χ4v) is 5.87. The van der Waals surface area contributed by atoms with Crippen molar-refractivity contribution in [3.8, 4) is 6.07 Å². The molecule has 0 unspecified atom stereocenters. The fourth-order valence-electron chi connectivity index (χ4n) is 2.90. The number of nitrogens with zero attached hydrogens (tertiary/aromatic N) is 1. The number of benzene rings is 1. The van der Waals surface area contributed by atoms with Gasteiger partial charge in [-0.05, 0) is 42.5 Å². The van der Waals surface area contributed by atoms with Crippen LogP contribution in [0, 0.1) is 11.3 Å². The van der Waals surface area contributed by atoms with E-state index in [9.17, 15) is 18.5 Å². The molecule has 0 aliphatic heterocycles. The topological polar surface area (TPSA) is 87.0 Å². The molecular formula is C17H15BrN2O3S2. The number of nitrogens with one attached hydrogen (secondary N) is 1. The van der Waals surface area contributed by atoms with Crippen LogP contribution >= 0.6 is 27.3 Å². The Morgan fingerprint density at radius 1 is 1.36 bits per heavy atom. The zero-order valence-electron chi connectivity index (χ0n) is 13.2. The summed E-state index contributed by atoms with van der Waals surface area (Å²) in [7, 11) is -3.60. The van der Waals surface area contributed by atoms with Gasteiger partial charge in [0.2, 0.25) is 5.91 Å². The van der Waals surface area contributed by atoms with Gasteiger partial charge in [-0.1, -0.05) is 28.1 Å². The van der Waals surface area contributed by atoms with Gasteiger partial charge in [0, 0.05) is 9.35 Å². The monoisotopic (exact) mass is 438 g/mol. The Bertz CT molecular complexity index is 974. The molecule has 130 valence electrons. The summed E-state index contributed by atoms with van der Waals surface area (Å²) < 4.78 is 25.3. The molecule has 5 nitrogen and oxygen atoms in total. The average Bonchev–Trinajstić information content (AvgIpc) is 3.06. The van der Waals surface area contributed by atoms with Crippen LogP contribution in [0.2, 0.25) is 0 Å². The molecule has 0 spiro atoms. The fraction of sp³-hybridized carbons (Fsp3) is 0.294. The minimum atomic E-state index is -3.60. The first kappa shape index (κ1) is 18.1. The van der Waals surface area contributed by atoms with E-state index in [0.717, 1.165) is 34.2 Å². The zero-order valence-corrected chi connectivity index (χ0v) is 16.4. The molecule has 1 aliphatic carbocycles. The minimum Gasteiger partial charge on any atom is -0.316 e. The molecule has 0 fully saturated rings. The molecule has 0 saturated heterocycles. The molecule has 1 aromatic heterocycles. The number of fused-ring (bicyclic) bond motifs is 1. The van der Waals surface area contributed by atoms with Gasteiger partial charge in [0.25, 0.3) is 0 Å². The van der Waals surface area contributed by atoms with Gasteiger partial charge in [-0.3, -0.25) is 4.79 Å². The molecular weight excluding hydrogens is 424 g/mol. The van der Waals surface area contributed by atoms with Crippen molar-refractivity contribution >= 4 is 48.0 Å². The predicted octanol–water partition coefficient (Wildman–Crippen LogP) is 3.42. The number of rotatable bonds is 5. The van der Waals surface area contributed by atoms with Gasteiger partial charge in [0.15, 0.2) is 9.84 Å². The molecule has 1 heterocycles. The summed E-state index contributed by atoms with van der Waals surface area (Å²) in [6.07, 6.45) is 2.77. The lowest BCUT2D eigenvalue weighted by Gasteiger charge is -2.06. The van der Waals surface area contributed by atoms with E-state index in [4.69, 9.17) is 0 Å². The number of carbonyl (C=O) groups is 1. The Morgan fingerprint density at radius 3 is 2.88 bits per heavy atom. The third-order valence-corrected chi connectivity index (χ3v) is 7.09. The van der Waals surface area contributed by atoms with Crippen molar-refractivity contribution in [1.29, 1.82) is 5.26 Å². The summed E-state index contributed by atoms with van der Waals surface area (Å²) in [4.78, 5) is 13.3. The van der Waals surface area contributed by atoms with Crippen LogP contribution in [-0.2, 0) is 33.2 Å². The van der Waals surface area contributed by atoms with E-state index in [0.29, 0.717) is 16.1 Å². The van der Waals surface area contributed by atoms with Gasteiger partial charge in [0.1, 0.15) is 16.8 Å². The van der Waals surface area contributed by atoms with Crippen molar-refractivity contribution in [1.82, 2.24) is 0 Å². The Balaban J connectivity index is 1.69. The summed E-state index contributed by atoms with van der Waals surface area (Å²) in [5.74, 6) is -1.41. The molecule has 1 amide bonds. The van der Waals surface area contributed by atoms with Crippen LogP contribution in [-0.4, -0.2) is 20.1 Å². The third kappa shape index (κ3) is 4.29. The van der Waals surface area contributed by atoms with Crippen LogP contribution in [0.5, 0.6) is 0 Å². The maximum absolute atomic E-state index is 12.3. The smallest absolute Gasteiger partial charge is 0.240 e. The van der Waals surface area contributed by atoms with E-state index < -0.39 is 21.5 Å². The van der Waals surface area contributed by atoms with Gasteiger partial charge in [0.05, 0.1) is 11.3 Å². The van der Waals surface area contributed by atoms with E-state index in [2.05, 4.69) is 27.3 Å². The van der Waals surface area contributed by atoms with Crippen molar-refractivity contribution in [3.63, 3.8) is 0 Å². The second kappa shape index (κ2) is 7.28. The van der Waals surface area contributed by atoms with Crippen molar-refractivity contribution in [2.75, 3.05) is 11.1 Å². The summed E-state index contributed by atoms with van der Waals surface area (Å²) in [5, 5.41) is 12.4. The van der Waals surface area contributed by atoms with Crippen molar-refractivity contribution in [2.45, 2.75) is 25.0 Å². The SMILES string of the molecule is N#Cc1c(NC(=O)CS(=O)(=O)Cc2cccc(Br)c2)sc2c1CCC2. The number of sulfone groups is 1. The maximum Gasteiger partial charge on any atom is 0.240 e. The van der Waals surface area contributed by atoms with E-state index in [1.54, 1.807) is 18.2 Å². The summed E-state index contributed by atoms with van der Waals surface area (Å²) in [6, 6.07) is 9.11. The molecule has 0 atom stereocenters. The first-order chi connectivity index (χ1) is 11.9. The standard InChI is InChI=1S/C17H15BrN2O3S2/c18-12-4-1-3-11(7-12)9-25(22,23)10-16(21)20-17-14(8-19)13-5-2-6-15(13)24-17/h1,3-4,7H,2,5-6,9-10H2,(H,20,21). The largest absolute Gasteiger partial charge is 0.316 e. The van der Waals surface area contributed by atoms with Gasteiger partial charge < -0.3 is 5.32 Å². The molecule has 25 heavy (non-hydrogen) atoms. The molecule has 3 rings (SSSR count). The quantitative estimate of drug-likeness (QED) is 0.774. The van der Waals surface area contributed by atoms with Crippen LogP contribution in [0.1, 0.15) is 28.0 Å². The second-order valence-corrected chi connectivity index (χ2v) is 9.97. The number of hydrogen-bond acceptors (Lipinski definition) is 5. The Hall–Kier alpha value is -1.69. The van der Waals surface area contributed by atoms with Crippen LogP contribution in [0.3, 0.4) is 0 Å². The molecule has 0 radical (unpaired) electrons. The van der Waals surface area contributed by atoms with Gasteiger partial charge >= 0.3 is 0 Å². The Morgan fingerprint density at radius 2 is 2.16 bits per heavy atom. The molecule has 1 N–H and O–H groups in total. The Labute approximate surface area is 158 Å². The van der Waals surface area contributed by atoms with Gasteiger partial charge in [-0.2, -0.15) is 5.26 Å². The average molecular weight is 439 g/mol. The number of hydrogen-bond donors (Lipinski definition) is 1. The summed E-state index contributed by atoms with van der Waals surface area (Å²) in [5.41, 5.74) is 2.10. The number of nitriles is 1. The highest BCUT2D eigenvalue weighted by molar-refractivity contribution is 9.10. The number of thiophene rings is 1. The third-order valence-electron chi connectivity index (χ3n) is 3.91. The van der Waals surface area contributed by atoms with Crippen LogP contribution < -0.4 is 5.32 Å². The molecule has 0 bridgehead atoms. The van der Waals surface area contributed by atoms with Crippen molar-refractivity contribution in [3.05, 3.63) is 50.3 Å². The lowest BCUT2D eigenvalue weighted by molar-refractivity contribution is -0.113. The summed E-state index contributed by atoms with van der Waals surface area (Å²) >= 11 is 4.68. The van der Waals surface area contributed by atoms with E-state index in [-0.39, 0.29) is 5.75 Å². The number of aryl methyl sites for hydroxylation is 1. The van der Waals surface area contributed by atoms with Crippen molar-refractivity contribution in [2.24, 2.45) is 0 Å². The highest BCUT2D eigenvalue weighted by Crippen LogP contribution is 2.38. The lowest BCUT2D eigenvalue weighted by Crippen LogP contribution is -2.24. The second-order valence-electron chi connectivity index (χ2n) is 5.88.